The average molecular weight is 501 g/mol. The molecule has 3 N–H and O–H groups in total. The maximum atomic E-state index is 13.7. The molecular weight excluding hydrogens is 468 g/mol. The normalized spacial score (nSPS) is 15.3. The third-order valence-electron chi connectivity index (χ3n) is 6.76. The fourth-order valence-corrected chi connectivity index (χ4v) is 4.73. The third-order valence-corrected chi connectivity index (χ3v) is 6.76. The highest BCUT2D eigenvalue weighted by Gasteiger charge is 2.22. The molecule has 37 heavy (non-hydrogen) atoms. The van der Waals surface area contributed by atoms with Gasteiger partial charge in [0, 0.05) is 60.6 Å². The number of carbonyl (C=O) groups is 1. The summed E-state index contributed by atoms with van der Waals surface area (Å²) >= 11 is 0. The van der Waals surface area contributed by atoms with Gasteiger partial charge in [-0.25, -0.2) is 15.0 Å². The van der Waals surface area contributed by atoms with Crippen LogP contribution in [0.3, 0.4) is 0 Å². The van der Waals surface area contributed by atoms with Crippen LogP contribution in [0.4, 0.5) is 5.82 Å². The maximum Gasteiger partial charge on any atom is 0.273 e. The SMILES string of the molecule is CCn1ncc(CN(C)C(=O)c2nc(-c3cc(C)nc(N[C@@H]4CCNC4)c3)nc3ccc(O)cc23)c1C. The lowest BCUT2D eigenvalue weighted by Gasteiger charge is -2.18. The summed E-state index contributed by atoms with van der Waals surface area (Å²) in [4.78, 5) is 29.4. The van der Waals surface area contributed by atoms with Crippen LogP contribution in [-0.2, 0) is 13.1 Å². The van der Waals surface area contributed by atoms with E-state index in [1.54, 1.807) is 36.3 Å². The number of phenols is 1. The van der Waals surface area contributed by atoms with Gasteiger partial charge >= 0.3 is 0 Å². The number of phenolic OH excluding ortho intramolecular Hbond substituents is 1. The number of hydrogen-bond acceptors (Lipinski definition) is 8. The molecule has 1 aromatic carbocycles. The number of nitrogens with one attached hydrogen (secondary N) is 2. The Kier molecular flexibility index (Phi) is 6.75. The lowest BCUT2D eigenvalue weighted by atomic mass is 10.1. The minimum absolute atomic E-state index is 0.0528. The van der Waals surface area contributed by atoms with Gasteiger partial charge < -0.3 is 20.6 Å². The molecule has 1 aliphatic rings. The highest BCUT2D eigenvalue weighted by Crippen LogP contribution is 2.28. The molecule has 0 radical (unpaired) electrons. The number of carbonyl (C=O) groups excluding carboxylic acids is 1. The van der Waals surface area contributed by atoms with Gasteiger partial charge in [0.1, 0.15) is 17.3 Å². The zero-order chi connectivity index (χ0) is 26.1. The molecule has 1 aliphatic heterocycles. The van der Waals surface area contributed by atoms with Crippen molar-refractivity contribution in [2.24, 2.45) is 0 Å². The lowest BCUT2D eigenvalue weighted by Crippen LogP contribution is -2.28. The second-order valence-electron chi connectivity index (χ2n) is 9.55. The number of fused-ring (bicyclic) bond motifs is 1. The maximum absolute atomic E-state index is 13.7. The minimum atomic E-state index is -0.260. The molecule has 1 amide bonds. The number of aryl methyl sites for hydroxylation is 2. The number of rotatable bonds is 7. The van der Waals surface area contributed by atoms with Crippen molar-refractivity contribution in [3.05, 3.63) is 59.2 Å². The first-order chi connectivity index (χ1) is 17.8. The first-order valence-electron chi connectivity index (χ1n) is 12.6. The lowest BCUT2D eigenvalue weighted by molar-refractivity contribution is 0.0781. The molecule has 1 fully saturated rings. The molecule has 3 aromatic heterocycles. The van der Waals surface area contributed by atoms with Crippen molar-refractivity contribution < 1.29 is 9.90 Å². The van der Waals surface area contributed by atoms with E-state index in [0.717, 1.165) is 54.4 Å². The zero-order valence-electron chi connectivity index (χ0n) is 21.6. The molecule has 0 spiro atoms. The summed E-state index contributed by atoms with van der Waals surface area (Å²) in [7, 11) is 1.75. The Morgan fingerprint density at radius 1 is 1.22 bits per heavy atom. The molecule has 1 atom stereocenters. The highest BCUT2D eigenvalue weighted by molar-refractivity contribution is 6.05. The van der Waals surface area contributed by atoms with Crippen LogP contribution in [0.5, 0.6) is 5.75 Å². The zero-order valence-corrected chi connectivity index (χ0v) is 21.6. The highest BCUT2D eigenvalue weighted by atomic mass is 16.3. The van der Waals surface area contributed by atoms with Crippen molar-refractivity contribution in [1.29, 1.82) is 0 Å². The number of hydrogen-bond donors (Lipinski definition) is 3. The van der Waals surface area contributed by atoms with E-state index in [4.69, 9.17) is 9.97 Å². The summed E-state index contributed by atoms with van der Waals surface area (Å²) in [6.45, 7) is 8.99. The molecule has 0 aliphatic carbocycles. The predicted molar refractivity (Wildman–Crippen MR) is 143 cm³/mol. The van der Waals surface area contributed by atoms with Crippen LogP contribution in [0.15, 0.2) is 36.5 Å². The monoisotopic (exact) mass is 500 g/mol. The number of nitrogens with zero attached hydrogens (tertiary/aromatic N) is 6. The Morgan fingerprint density at radius 2 is 2.05 bits per heavy atom. The third kappa shape index (κ3) is 5.10. The molecule has 10 nitrogen and oxygen atoms in total. The van der Waals surface area contributed by atoms with Gasteiger partial charge in [0.25, 0.3) is 5.91 Å². The molecule has 4 aromatic rings. The summed E-state index contributed by atoms with van der Waals surface area (Å²) in [5, 5.41) is 21.9. The van der Waals surface area contributed by atoms with Gasteiger partial charge in [-0.3, -0.25) is 9.48 Å². The van der Waals surface area contributed by atoms with E-state index < -0.39 is 0 Å². The van der Waals surface area contributed by atoms with Gasteiger partial charge in [-0.2, -0.15) is 5.10 Å². The van der Waals surface area contributed by atoms with Gasteiger partial charge in [-0.15, -0.1) is 0 Å². The van der Waals surface area contributed by atoms with Crippen LogP contribution in [0.1, 0.15) is 40.8 Å². The van der Waals surface area contributed by atoms with Gasteiger partial charge in [0.15, 0.2) is 5.82 Å². The van der Waals surface area contributed by atoms with E-state index >= 15 is 0 Å². The van der Waals surface area contributed by atoms with E-state index in [0.29, 0.717) is 29.3 Å². The summed E-state index contributed by atoms with van der Waals surface area (Å²) in [6, 6.07) is 8.97. The van der Waals surface area contributed by atoms with Gasteiger partial charge in [-0.05, 0) is 64.1 Å². The van der Waals surface area contributed by atoms with Crippen LogP contribution in [0, 0.1) is 13.8 Å². The number of amides is 1. The Morgan fingerprint density at radius 3 is 2.78 bits per heavy atom. The molecule has 0 bridgehead atoms. The van der Waals surface area contributed by atoms with Crippen molar-refractivity contribution >= 4 is 22.6 Å². The number of pyridine rings is 1. The Hall–Kier alpha value is -4.05. The summed E-state index contributed by atoms with van der Waals surface area (Å²) in [5.74, 6) is 0.982. The van der Waals surface area contributed by atoms with Crippen molar-refractivity contribution in [1.82, 2.24) is 34.9 Å². The molecule has 1 saturated heterocycles. The number of aromatic nitrogens is 5. The number of aromatic hydroxyl groups is 1. The molecule has 0 unspecified atom stereocenters. The summed E-state index contributed by atoms with van der Waals surface area (Å²) < 4.78 is 1.91. The molecule has 10 heteroatoms. The predicted octanol–water partition coefficient (Wildman–Crippen LogP) is 3.28. The van der Waals surface area contributed by atoms with Crippen LogP contribution in [0.2, 0.25) is 0 Å². The second kappa shape index (κ2) is 10.1. The molecular formula is C27H32N8O2. The molecule has 0 saturated carbocycles. The van der Waals surface area contributed by atoms with Crippen molar-refractivity contribution in [3.63, 3.8) is 0 Å². The standard InChI is InChI=1S/C27H32N8O2/c1-5-35-17(3)19(13-29-35)15-34(4)27(37)25-22-12-21(36)6-7-23(22)32-26(33-25)18-10-16(2)30-24(11-18)31-20-8-9-28-14-20/h6-7,10-13,20,28,36H,5,8-9,14-15H2,1-4H3,(H,30,31)/t20-/m1/s1. The fourth-order valence-electron chi connectivity index (χ4n) is 4.73. The largest absolute Gasteiger partial charge is 0.508 e. The molecule has 5 rings (SSSR count). The van der Waals surface area contributed by atoms with Crippen molar-refractivity contribution in [2.75, 3.05) is 25.5 Å². The van der Waals surface area contributed by atoms with Crippen LogP contribution < -0.4 is 10.6 Å². The van der Waals surface area contributed by atoms with Gasteiger partial charge in [0.05, 0.1) is 11.7 Å². The minimum Gasteiger partial charge on any atom is -0.508 e. The first-order valence-corrected chi connectivity index (χ1v) is 12.6. The molecule has 192 valence electrons. The Labute approximate surface area is 215 Å². The topological polar surface area (TPSA) is 121 Å². The van der Waals surface area contributed by atoms with Gasteiger partial charge in [0.2, 0.25) is 0 Å². The van der Waals surface area contributed by atoms with E-state index in [2.05, 4.69) is 20.7 Å². The molecule has 4 heterocycles. The average Bonchev–Trinajstić information content (AvgIpc) is 3.52. The fraction of sp³-hybridized carbons (Fsp3) is 0.370. The van der Waals surface area contributed by atoms with Crippen LogP contribution in [0.25, 0.3) is 22.3 Å². The second-order valence-corrected chi connectivity index (χ2v) is 9.55. The van der Waals surface area contributed by atoms with Crippen LogP contribution >= 0.6 is 0 Å². The van der Waals surface area contributed by atoms with Crippen LogP contribution in [-0.4, -0.2) is 66.8 Å². The van der Waals surface area contributed by atoms with E-state index in [-0.39, 0.29) is 17.4 Å². The van der Waals surface area contributed by atoms with Crippen molar-refractivity contribution in [3.8, 4) is 17.1 Å². The van der Waals surface area contributed by atoms with E-state index in [1.807, 2.05) is 37.6 Å². The smallest absolute Gasteiger partial charge is 0.273 e. The number of anilines is 1. The Balaban J connectivity index is 1.53. The van der Waals surface area contributed by atoms with Crippen molar-refractivity contribution in [2.45, 2.75) is 46.3 Å². The van der Waals surface area contributed by atoms with E-state index in [1.165, 1.54) is 0 Å². The Bertz CT molecular complexity index is 1460. The van der Waals surface area contributed by atoms with Gasteiger partial charge in [-0.1, -0.05) is 0 Å². The summed E-state index contributed by atoms with van der Waals surface area (Å²) in [5.41, 5.74) is 4.42. The first kappa shape index (κ1) is 24.6. The number of benzene rings is 1. The quantitative estimate of drug-likeness (QED) is 0.354. The van der Waals surface area contributed by atoms with E-state index in [9.17, 15) is 9.90 Å². The summed E-state index contributed by atoms with van der Waals surface area (Å²) in [6.07, 6.45) is 2.83.